The summed E-state index contributed by atoms with van der Waals surface area (Å²) in [5.74, 6) is 0. The molecular weight excluding hydrogens is 288 g/mol. The molecule has 112 valence electrons. The van der Waals surface area contributed by atoms with Crippen LogP contribution in [-0.2, 0) is 16.6 Å². The first kappa shape index (κ1) is 15.4. The van der Waals surface area contributed by atoms with E-state index >= 15 is 0 Å². The minimum atomic E-state index is -3.59. The van der Waals surface area contributed by atoms with Crippen molar-refractivity contribution in [2.75, 3.05) is 12.4 Å². The summed E-state index contributed by atoms with van der Waals surface area (Å²) in [5, 5.41) is 10.6. The van der Waals surface area contributed by atoms with Gasteiger partial charge in [0.25, 0.3) is 0 Å². The first-order valence-electron chi connectivity index (χ1n) is 6.49. The zero-order chi connectivity index (χ0) is 15.5. The van der Waals surface area contributed by atoms with Gasteiger partial charge in [0.2, 0.25) is 10.0 Å². The number of aryl methyl sites for hydroxylation is 2. The van der Waals surface area contributed by atoms with Gasteiger partial charge in [-0.3, -0.25) is 0 Å². The van der Waals surface area contributed by atoms with E-state index in [1.165, 1.54) is 0 Å². The Balaban J connectivity index is 2.28. The number of benzene rings is 1. The number of nitrogens with zero attached hydrogens (tertiary/aromatic N) is 2. The van der Waals surface area contributed by atoms with Crippen LogP contribution in [0, 0.1) is 13.8 Å². The lowest BCUT2D eigenvalue weighted by Gasteiger charge is -2.13. The molecule has 2 rings (SSSR count). The summed E-state index contributed by atoms with van der Waals surface area (Å²) in [5.41, 5.74) is 2.86. The molecule has 0 saturated heterocycles. The second-order valence-electron chi connectivity index (χ2n) is 4.73. The molecule has 0 atom stereocenters. The van der Waals surface area contributed by atoms with Crippen molar-refractivity contribution in [3.8, 4) is 0 Å². The van der Waals surface area contributed by atoms with Gasteiger partial charge in [-0.05, 0) is 49.2 Å². The Morgan fingerprint density at radius 2 is 1.86 bits per heavy atom. The van der Waals surface area contributed by atoms with Crippen molar-refractivity contribution in [1.29, 1.82) is 0 Å². The smallest absolute Gasteiger partial charge is 0.241 e. The number of hydrogen-bond acceptors (Lipinski definition) is 5. The normalized spacial score (nSPS) is 11.4. The first-order chi connectivity index (χ1) is 9.94. The quantitative estimate of drug-likeness (QED) is 0.877. The van der Waals surface area contributed by atoms with Crippen molar-refractivity contribution in [2.45, 2.75) is 25.3 Å². The van der Waals surface area contributed by atoms with Gasteiger partial charge in [0.15, 0.2) is 0 Å². The number of anilines is 1. The van der Waals surface area contributed by atoms with Crippen LogP contribution in [0.1, 0.15) is 16.8 Å². The molecule has 2 N–H and O–H groups in total. The van der Waals surface area contributed by atoms with Crippen LogP contribution in [0.2, 0.25) is 0 Å². The van der Waals surface area contributed by atoms with Gasteiger partial charge in [-0.15, -0.1) is 0 Å². The van der Waals surface area contributed by atoms with Crippen LogP contribution in [0.15, 0.2) is 35.4 Å². The summed E-state index contributed by atoms with van der Waals surface area (Å²) in [4.78, 5) is 0.311. The van der Waals surface area contributed by atoms with Gasteiger partial charge in [-0.1, -0.05) is 0 Å². The number of sulfonamides is 1. The van der Waals surface area contributed by atoms with Crippen LogP contribution in [0.5, 0.6) is 0 Å². The Morgan fingerprint density at radius 1 is 1.19 bits per heavy atom. The Labute approximate surface area is 124 Å². The summed E-state index contributed by atoms with van der Waals surface area (Å²) < 4.78 is 27.5. The van der Waals surface area contributed by atoms with Crippen molar-refractivity contribution in [3.05, 3.63) is 47.3 Å². The fourth-order valence-electron chi connectivity index (χ4n) is 2.19. The van der Waals surface area contributed by atoms with Crippen molar-refractivity contribution < 1.29 is 8.42 Å². The van der Waals surface area contributed by atoms with Crippen LogP contribution < -0.4 is 10.0 Å². The van der Waals surface area contributed by atoms with Gasteiger partial charge in [-0.2, -0.15) is 10.2 Å². The van der Waals surface area contributed by atoms with Crippen molar-refractivity contribution in [2.24, 2.45) is 0 Å². The fourth-order valence-corrected chi connectivity index (χ4v) is 3.64. The van der Waals surface area contributed by atoms with E-state index in [2.05, 4.69) is 20.2 Å². The predicted octanol–water partition coefficient (Wildman–Crippen LogP) is 1.61. The Kier molecular flexibility index (Phi) is 4.54. The molecule has 0 saturated carbocycles. The molecular formula is C14H18N4O2S. The lowest BCUT2D eigenvalue weighted by molar-refractivity contribution is 0.578. The van der Waals surface area contributed by atoms with Gasteiger partial charge in [-0.25, -0.2) is 13.1 Å². The minimum Gasteiger partial charge on any atom is -0.388 e. The average molecular weight is 306 g/mol. The number of hydrogen-bond donors (Lipinski definition) is 2. The SMILES string of the molecule is CNc1cc(C)c(S(=O)(=O)NCc2cccnn2)c(C)c1. The number of rotatable bonds is 5. The van der Waals surface area contributed by atoms with E-state index in [4.69, 9.17) is 0 Å². The molecule has 7 heteroatoms. The van der Waals surface area contributed by atoms with Crippen LogP contribution in [0.25, 0.3) is 0 Å². The maximum absolute atomic E-state index is 12.5. The molecule has 1 aromatic carbocycles. The van der Waals surface area contributed by atoms with Gasteiger partial charge >= 0.3 is 0 Å². The van der Waals surface area contributed by atoms with E-state index < -0.39 is 10.0 Å². The number of nitrogens with one attached hydrogen (secondary N) is 2. The first-order valence-corrected chi connectivity index (χ1v) is 7.97. The summed E-state index contributed by atoms with van der Waals surface area (Å²) in [6.07, 6.45) is 1.54. The third-order valence-electron chi connectivity index (χ3n) is 3.09. The highest BCUT2D eigenvalue weighted by molar-refractivity contribution is 7.89. The molecule has 0 aliphatic rings. The molecule has 21 heavy (non-hydrogen) atoms. The zero-order valence-electron chi connectivity index (χ0n) is 12.2. The molecule has 0 radical (unpaired) electrons. The molecule has 0 aliphatic heterocycles. The van der Waals surface area contributed by atoms with Gasteiger partial charge in [0.05, 0.1) is 17.1 Å². The average Bonchev–Trinajstić information content (AvgIpc) is 2.45. The van der Waals surface area contributed by atoms with Crippen LogP contribution in [0.4, 0.5) is 5.69 Å². The second-order valence-corrected chi connectivity index (χ2v) is 6.43. The molecule has 1 heterocycles. The highest BCUT2D eigenvalue weighted by atomic mass is 32.2. The van der Waals surface area contributed by atoms with Gasteiger partial charge in [0, 0.05) is 18.9 Å². The minimum absolute atomic E-state index is 0.114. The predicted molar refractivity (Wildman–Crippen MR) is 81.5 cm³/mol. The lowest BCUT2D eigenvalue weighted by Crippen LogP contribution is -2.25. The van der Waals surface area contributed by atoms with E-state index in [9.17, 15) is 8.42 Å². The summed E-state index contributed by atoms with van der Waals surface area (Å²) in [6, 6.07) is 7.06. The fraction of sp³-hybridized carbons (Fsp3) is 0.286. The van der Waals surface area contributed by atoms with E-state index in [1.807, 2.05) is 12.1 Å². The molecule has 0 aliphatic carbocycles. The monoisotopic (exact) mass is 306 g/mol. The molecule has 1 aromatic heterocycles. The van der Waals surface area contributed by atoms with Gasteiger partial charge in [0.1, 0.15) is 0 Å². The summed E-state index contributed by atoms with van der Waals surface area (Å²) >= 11 is 0. The molecule has 0 amide bonds. The third-order valence-corrected chi connectivity index (χ3v) is 4.79. The molecule has 0 fully saturated rings. The van der Waals surface area contributed by atoms with E-state index in [-0.39, 0.29) is 6.54 Å². The highest BCUT2D eigenvalue weighted by Gasteiger charge is 2.20. The Bertz CT molecular complexity index is 707. The van der Waals surface area contributed by atoms with Crippen molar-refractivity contribution in [1.82, 2.24) is 14.9 Å². The van der Waals surface area contributed by atoms with E-state index in [0.29, 0.717) is 21.7 Å². The molecule has 6 nitrogen and oxygen atoms in total. The van der Waals surface area contributed by atoms with Gasteiger partial charge < -0.3 is 5.32 Å². The van der Waals surface area contributed by atoms with Crippen molar-refractivity contribution >= 4 is 15.7 Å². The summed E-state index contributed by atoms with van der Waals surface area (Å²) in [6.45, 7) is 3.68. The van der Waals surface area contributed by atoms with Crippen molar-refractivity contribution in [3.63, 3.8) is 0 Å². The van der Waals surface area contributed by atoms with E-state index in [1.54, 1.807) is 39.2 Å². The van der Waals surface area contributed by atoms with Crippen LogP contribution in [0.3, 0.4) is 0 Å². The topological polar surface area (TPSA) is 84.0 Å². The Hall–Kier alpha value is -1.99. The zero-order valence-corrected chi connectivity index (χ0v) is 13.0. The molecule has 0 bridgehead atoms. The lowest BCUT2D eigenvalue weighted by atomic mass is 10.1. The largest absolute Gasteiger partial charge is 0.388 e. The standard InChI is InChI=1S/C14H18N4O2S/c1-10-7-13(15-3)8-11(2)14(10)21(19,20)17-9-12-5-4-6-16-18-12/h4-8,15,17H,9H2,1-3H3. The molecule has 0 spiro atoms. The maximum atomic E-state index is 12.5. The van der Waals surface area contributed by atoms with Crippen LogP contribution >= 0.6 is 0 Å². The van der Waals surface area contributed by atoms with E-state index in [0.717, 1.165) is 5.69 Å². The highest BCUT2D eigenvalue weighted by Crippen LogP contribution is 2.24. The van der Waals surface area contributed by atoms with Crippen LogP contribution in [-0.4, -0.2) is 25.7 Å². The molecule has 0 unspecified atom stereocenters. The second kappa shape index (κ2) is 6.19. The number of aromatic nitrogens is 2. The molecule has 2 aromatic rings. The Morgan fingerprint density at radius 3 is 2.38 bits per heavy atom. The summed E-state index contributed by atoms with van der Waals surface area (Å²) in [7, 11) is -1.79. The maximum Gasteiger partial charge on any atom is 0.241 e. The third kappa shape index (κ3) is 3.56.